The molecule has 17 heavy (non-hydrogen) atoms. The first-order valence-electron chi connectivity index (χ1n) is 6.15. The van der Waals surface area contributed by atoms with Gasteiger partial charge in [-0.1, -0.05) is 0 Å². The average molecular weight is 251 g/mol. The van der Waals surface area contributed by atoms with E-state index in [-0.39, 0.29) is 8.08 Å². The van der Waals surface area contributed by atoms with Crippen molar-refractivity contribution in [2.24, 2.45) is 0 Å². The van der Waals surface area contributed by atoms with Crippen molar-refractivity contribution in [2.75, 3.05) is 0 Å². The molecule has 0 aliphatic rings. The van der Waals surface area contributed by atoms with Crippen LogP contribution in [0.25, 0.3) is 0 Å². The van der Waals surface area contributed by atoms with E-state index >= 15 is 0 Å². The minimum atomic E-state index is 0.128. The summed E-state index contributed by atoms with van der Waals surface area (Å²) in [6, 6.07) is 0. The fourth-order valence-electron chi connectivity index (χ4n) is 1.42. The summed E-state index contributed by atoms with van der Waals surface area (Å²) in [5, 5.41) is 0. The van der Waals surface area contributed by atoms with Gasteiger partial charge in [0.2, 0.25) is 0 Å². The van der Waals surface area contributed by atoms with Crippen LogP contribution in [-0.2, 0) is 4.57 Å². The van der Waals surface area contributed by atoms with E-state index in [4.69, 9.17) is 0 Å². The van der Waals surface area contributed by atoms with Crippen LogP contribution in [0.15, 0.2) is 34.9 Å². The molecule has 0 N–H and O–H groups in total. The maximum atomic E-state index is 10.3. The van der Waals surface area contributed by atoms with Crippen molar-refractivity contribution >= 4 is 13.9 Å². The van der Waals surface area contributed by atoms with Crippen LogP contribution in [0, 0.1) is 0 Å². The molecule has 0 unspecified atom stereocenters. The topological polar surface area (TPSA) is 17.1 Å². The van der Waals surface area contributed by atoms with Gasteiger partial charge in [0.15, 0.2) is 0 Å². The molecule has 0 aliphatic carbocycles. The monoisotopic (exact) mass is 251 g/mol. The normalized spacial score (nSPS) is 12.2. The molecule has 0 aromatic heterocycles. The molecule has 0 saturated heterocycles. The zero-order valence-corrected chi connectivity index (χ0v) is 12.4. The molecular formula is C15H24OP+. The fourth-order valence-corrected chi connectivity index (χ4v) is 1.78. The van der Waals surface area contributed by atoms with Gasteiger partial charge in [-0.25, -0.2) is 0 Å². The maximum absolute atomic E-state index is 10.3. The zero-order chi connectivity index (χ0) is 13.1. The van der Waals surface area contributed by atoms with Crippen LogP contribution in [0.5, 0.6) is 0 Å². The molecule has 0 heterocycles. The summed E-state index contributed by atoms with van der Waals surface area (Å²) < 4.78 is 10.3. The molecule has 0 fully saturated rings. The van der Waals surface area contributed by atoms with E-state index in [0.29, 0.717) is 0 Å². The summed E-state index contributed by atoms with van der Waals surface area (Å²) >= 11 is 0. The Bertz CT molecular complexity index is 351. The molecule has 0 spiro atoms. The van der Waals surface area contributed by atoms with Crippen LogP contribution in [0.1, 0.15) is 53.4 Å². The third kappa shape index (κ3) is 11.6. The molecule has 0 rings (SSSR count). The molecule has 0 bridgehead atoms. The Hall–Kier alpha value is -0.680. The molecule has 0 saturated carbocycles. The van der Waals surface area contributed by atoms with Gasteiger partial charge < -0.3 is 0 Å². The Balaban J connectivity index is 3.98. The summed E-state index contributed by atoms with van der Waals surface area (Å²) in [6.07, 6.45) is 10.8. The summed E-state index contributed by atoms with van der Waals surface area (Å²) in [5.41, 5.74) is 4.11. The molecule has 2 heteroatoms. The third-order valence-electron chi connectivity index (χ3n) is 2.51. The van der Waals surface area contributed by atoms with Gasteiger partial charge in [0, 0.05) is 0 Å². The predicted octanol–water partition coefficient (Wildman–Crippen LogP) is 5.50. The Morgan fingerprint density at radius 2 is 1.65 bits per heavy atom. The Kier molecular flexibility index (Phi) is 10.1. The van der Waals surface area contributed by atoms with Crippen molar-refractivity contribution in [3.05, 3.63) is 34.9 Å². The van der Waals surface area contributed by atoms with E-state index in [1.807, 2.05) is 0 Å². The molecule has 0 aromatic rings. The average Bonchev–Trinajstić information content (AvgIpc) is 2.25. The molecule has 0 radical (unpaired) electrons. The third-order valence-corrected chi connectivity index (χ3v) is 2.84. The van der Waals surface area contributed by atoms with Crippen molar-refractivity contribution in [3.8, 4) is 0 Å². The first-order chi connectivity index (χ1) is 8.06. The van der Waals surface area contributed by atoms with E-state index in [1.165, 1.54) is 16.7 Å². The van der Waals surface area contributed by atoms with Gasteiger partial charge in [-0.3, -0.25) is 0 Å². The summed E-state index contributed by atoms with van der Waals surface area (Å²) in [7, 11) is 0.128. The van der Waals surface area contributed by atoms with E-state index < -0.39 is 0 Å². The van der Waals surface area contributed by atoms with E-state index in [0.717, 1.165) is 25.7 Å². The second-order valence-electron chi connectivity index (χ2n) is 4.65. The van der Waals surface area contributed by atoms with Crippen molar-refractivity contribution in [1.29, 1.82) is 0 Å². The van der Waals surface area contributed by atoms with Crippen LogP contribution in [0.2, 0.25) is 0 Å². The second kappa shape index (κ2) is 10.5. The van der Waals surface area contributed by atoms with E-state index in [1.54, 1.807) is 5.80 Å². The zero-order valence-electron chi connectivity index (χ0n) is 11.5. The summed E-state index contributed by atoms with van der Waals surface area (Å²) in [4.78, 5) is 0. The molecule has 0 amide bonds. The quantitative estimate of drug-likeness (QED) is 0.431. The molecule has 0 atom stereocenters. The second-order valence-corrected chi connectivity index (χ2v) is 5.22. The molecule has 0 aliphatic heterocycles. The number of hydrogen-bond acceptors (Lipinski definition) is 1. The molecule has 94 valence electrons. The van der Waals surface area contributed by atoms with Crippen molar-refractivity contribution in [3.63, 3.8) is 0 Å². The van der Waals surface area contributed by atoms with Crippen LogP contribution < -0.4 is 0 Å². The van der Waals surface area contributed by atoms with Crippen LogP contribution >= 0.6 is 8.08 Å². The molecular weight excluding hydrogens is 227 g/mol. The van der Waals surface area contributed by atoms with Crippen molar-refractivity contribution in [2.45, 2.75) is 53.4 Å². The van der Waals surface area contributed by atoms with E-state index in [2.05, 4.69) is 45.9 Å². The van der Waals surface area contributed by atoms with Gasteiger partial charge in [-0.2, -0.15) is 0 Å². The van der Waals surface area contributed by atoms with Crippen LogP contribution in [-0.4, -0.2) is 5.80 Å². The number of hydrogen-bond donors (Lipinski definition) is 0. The first kappa shape index (κ1) is 16.3. The summed E-state index contributed by atoms with van der Waals surface area (Å²) in [5.74, 6) is 1.75. The van der Waals surface area contributed by atoms with Gasteiger partial charge in [0.25, 0.3) is 0 Å². The first-order valence-corrected chi connectivity index (χ1v) is 7.03. The van der Waals surface area contributed by atoms with Gasteiger partial charge in [0.05, 0.1) is 0 Å². The summed E-state index contributed by atoms with van der Waals surface area (Å²) in [6.45, 7) is 8.53. The Morgan fingerprint density at radius 1 is 1.00 bits per heavy atom. The van der Waals surface area contributed by atoms with Gasteiger partial charge >= 0.3 is 107 Å². The van der Waals surface area contributed by atoms with Crippen molar-refractivity contribution in [1.82, 2.24) is 0 Å². The van der Waals surface area contributed by atoms with Gasteiger partial charge in [-0.05, 0) is 0 Å². The minimum absolute atomic E-state index is 0.128. The van der Waals surface area contributed by atoms with Gasteiger partial charge in [-0.15, -0.1) is 0 Å². The predicted molar refractivity (Wildman–Crippen MR) is 79.1 cm³/mol. The SMILES string of the molecule is CC(C)=CCCC(C)=CCC=C(C)CC=[P+]=O. The van der Waals surface area contributed by atoms with Crippen LogP contribution in [0.3, 0.4) is 0 Å². The molecule has 0 aromatic carbocycles. The number of rotatable bonds is 7. The van der Waals surface area contributed by atoms with Gasteiger partial charge in [0.1, 0.15) is 0 Å². The number of allylic oxidation sites excluding steroid dienone is 6. The van der Waals surface area contributed by atoms with Crippen molar-refractivity contribution < 1.29 is 4.57 Å². The fraction of sp³-hybridized carbons (Fsp3) is 0.533. The standard InChI is InChI=1S/C15H24OP/c1-13(2)7-5-8-14(3)9-6-10-15(4)11-12-17-16/h7,9-10,12H,5-6,8,11H2,1-4H3/q+1. The van der Waals surface area contributed by atoms with E-state index in [9.17, 15) is 4.57 Å². The Morgan fingerprint density at radius 3 is 2.24 bits per heavy atom. The van der Waals surface area contributed by atoms with Crippen LogP contribution in [0.4, 0.5) is 0 Å². The molecule has 1 nitrogen and oxygen atoms in total. The Labute approximate surface area is 107 Å².